The molecule has 0 aromatic heterocycles. The molecule has 4 nitrogen and oxygen atoms in total. The minimum Gasteiger partial charge on any atom is -0.348 e. The maximum Gasteiger partial charge on any atom is 0.253 e. The zero-order valence-corrected chi connectivity index (χ0v) is 16.1. The standard InChI is InChI=1S/C17H14Cl4N2O2/c1-9(10-2-5-13(19)15(21)6-10)23-16(24)8-22-17(25)12-4-3-11(18)7-14(12)20/h2-7,9H,8H2,1H3,(H,22,25)(H,23,24). The van der Waals surface area contributed by atoms with E-state index < -0.39 is 5.91 Å². The molecular weight excluding hydrogens is 406 g/mol. The molecule has 2 N–H and O–H groups in total. The van der Waals surface area contributed by atoms with Crippen LogP contribution in [0.2, 0.25) is 20.1 Å². The highest BCUT2D eigenvalue weighted by molar-refractivity contribution is 6.42. The summed E-state index contributed by atoms with van der Waals surface area (Å²) in [6.45, 7) is 1.61. The predicted octanol–water partition coefficient (Wildman–Crippen LogP) is 4.91. The summed E-state index contributed by atoms with van der Waals surface area (Å²) in [6.07, 6.45) is 0. The SMILES string of the molecule is CC(NC(=O)CNC(=O)c1ccc(Cl)cc1Cl)c1ccc(Cl)c(Cl)c1. The van der Waals surface area contributed by atoms with E-state index in [9.17, 15) is 9.59 Å². The molecule has 1 unspecified atom stereocenters. The number of hydrogen-bond acceptors (Lipinski definition) is 2. The van der Waals surface area contributed by atoms with Gasteiger partial charge in [-0.15, -0.1) is 0 Å². The van der Waals surface area contributed by atoms with E-state index >= 15 is 0 Å². The maximum atomic E-state index is 12.1. The predicted molar refractivity (Wildman–Crippen MR) is 102 cm³/mol. The van der Waals surface area contributed by atoms with Crippen LogP contribution in [0.3, 0.4) is 0 Å². The highest BCUT2D eigenvalue weighted by atomic mass is 35.5. The fourth-order valence-electron chi connectivity index (χ4n) is 2.09. The molecule has 2 aromatic carbocycles. The smallest absolute Gasteiger partial charge is 0.253 e. The Balaban J connectivity index is 1.91. The number of rotatable bonds is 5. The number of nitrogens with one attached hydrogen (secondary N) is 2. The summed E-state index contributed by atoms with van der Waals surface area (Å²) in [7, 11) is 0. The van der Waals surface area contributed by atoms with Crippen molar-refractivity contribution in [3.05, 3.63) is 67.6 Å². The van der Waals surface area contributed by atoms with Gasteiger partial charge in [-0.1, -0.05) is 52.5 Å². The van der Waals surface area contributed by atoms with Crippen LogP contribution in [0, 0.1) is 0 Å². The summed E-state index contributed by atoms with van der Waals surface area (Å²) in [5.74, 6) is -0.809. The highest BCUT2D eigenvalue weighted by Gasteiger charge is 2.14. The molecule has 0 aliphatic carbocycles. The third kappa shape index (κ3) is 5.51. The lowest BCUT2D eigenvalue weighted by atomic mass is 10.1. The number of halogens is 4. The van der Waals surface area contributed by atoms with Crippen molar-refractivity contribution < 1.29 is 9.59 Å². The van der Waals surface area contributed by atoms with E-state index in [-0.39, 0.29) is 29.1 Å². The summed E-state index contributed by atoms with van der Waals surface area (Å²) in [6, 6.07) is 9.33. The molecule has 0 aliphatic rings. The molecule has 0 fully saturated rings. The van der Waals surface area contributed by atoms with Crippen molar-refractivity contribution in [2.24, 2.45) is 0 Å². The van der Waals surface area contributed by atoms with Gasteiger partial charge < -0.3 is 10.6 Å². The zero-order valence-electron chi connectivity index (χ0n) is 13.1. The Bertz CT molecular complexity index is 811. The van der Waals surface area contributed by atoms with E-state index in [0.717, 1.165) is 5.56 Å². The van der Waals surface area contributed by atoms with E-state index in [0.29, 0.717) is 15.1 Å². The average Bonchev–Trinajstić information content (AvgIpc) is 2.55. The molecule has 132 valence electrons. The Morgan fingerprint density at radius 3 is 2.32 bits per heavy atom. The molecule has 2 aromatic rings. The molecule has 1 atom stereocenters. The van der Waals surface area contributed by atoms with Gasteiger partial charge in [0.05, 0.1) is 33.2 Å². The molecule has 0 bridgehead atoms. The Morgan fingerprint density at radius 2 is 1.68 bits per heavy atom. The van der Waals surface area contributed by atoms with Crippen LogP contribution in [-0.4, -0.2) is 18.4 Å². The van der Waals surface area contributed by atoms with Crippen molar-refractivity contribution in [1.82, 2.24) is 10.6 Å². The van der Waals surface area contributed by atoms with Gasteiger partial charge in [0.25, 0.3) is 5.91 Å². The van der Waals surface area contributed by atoms with Crippen LogP contribution in [0.15, 0.2) is 36.4 Å². The van der Waals surface area contributed by atoms with Gasteiger partial charge in [-0.3, -0.25) is 9.59 Å². The topological polar surface area (TPSA) is 58.2 Å². The summed E-state index contributed by atoms with van der Waals surface area (Å²) in [5.41, 5.74) is 1.05. The molecule has 0 aliphatic heterocycles. The van der Waals surface area contributed by atoms with Crippen LogP contribution in [-0.2, 0) is 4.79 Å². The van der Waals surface area contributed by atoms with Gasteiger partial charge in [0.1, 0.15) is 0 Å². The average molecular weight is 420 g/mol. The fourth-order valence-corrected chi connectivity index (χ4v) is 2.89. The summed E-state index contributed by atoms with van der Waals surface area (Å²) < 4.78 is 0. The lowest BCUT2D eigenvalue weighted by Gasteiger charge is -2.15. The van der Waals surface area contributed by atoms with Crippen molar-refractivity contribution in [1.29, 1.82) is 0 Å². The quantitative estimate of drug-likeness (QED) is 0.723. The molecule has 0 spiro atoms. The van der Waals surface area contributed by atoms with Crippen molar-refractivity contribution in [2.75, 3.05) is 6.54 Å². The first-order valence-electron chi connectivity index (χ1n) is 7.25. The second kappa shape index (κ2) is 8.77. The van der Waals surface area contributed by atoms with Crippen LogP contribution >= 0.6 is 46.4 Å². The van der Waals surface area contributed by atoms with E-state index in [4.69, 9.17) is 46.4 Å². The van der Waals surface area contributed by atoms with Crippen LogP contribution in [0.1, 0.15) is 28.9 Å². The summed E-state index contributed by atoms with van der Waals surface area (Å²) in [5, 5.41) is 6.77. The van der Waals surface area contributed by atoms with Gasteiger partial charge in [-0.25, -0.2) is 0 Å². The van der Waals surface area contributed by atoms with E-state index in [1.54, 1.807) is 31.2 Å². The van der Waals surface area contributed by atoms with Crippen LogP contribution in [0.25, 0.3) is 0 Å². The number of hydrogen-bond donors (Lipinski definition) is 2. The molecule has 2 rings (SSSR count). The Morgan fingerprint density at radius 1 is 0.960 bits per heavy atom. The van der Waals surface area contributed by atoms with E-state index in [2.05, 4.69) is 10.6 Å². The van der Waals surface area contributed by atoms with Gasteiger partial charge in [0, 0.05) is 5.02 Å². The molecular formula is C17H14Cl4N2O2. The monoisotopic (exact) mass is 418 g/mol. The summed E-state index contributed by atoms with van der Waals surface area (Å²) >= 11 is 23.6. The fraction of sp³-hybridized carbons (Fsp3) is 0.176. The third-order valence-electron chi connectivity index (χ3n) is 3.41. The van der Waals surface area contributed by atoms with E-state index in [1.807, 2.05) is 0 Å². The second-order valence-electron chi connectivity index (χ2n) is 5.27. The van der Waals surface area contributed by atoms with Crippen LogP contribution in [0.5, 0.6) is 0 Å². The molecule has 0 radical (unpaired) electrons. The lowest BCUT2D eigenvalue weighted by molar-refractivity contribution is -0.120. The zero-order chi connectivity index (χ0) is 18.6. The highest BCUT2D eigenvalue weighted by Crippen LogP contribution is 2.25. The Labute approximate surface area is 165 Å². The van der Waals surface area contributed by atoms with Crippen molar-refractivity contribution in [2.45, 2.75) is 13.0 Å². The first-order chi connectivity index (χ1) is 11.8. The lowest BCUT2D eigenvalue weighted by Crippen LogP contribution is -2.38. The number of carbonyl (C=O) groups excluding carboxylic acids is 2. The van der Waals surface area contributed by atoms with Crippen molar-refractivity contribution in [3.8, 4) is 0 Å². The second-order valence-corrected chi connectivity index (χ2v) is 6.93. The van der Waals surface area contributed by atoms with Crippen LogP contribution < -0.4 is 10.6 Å². The molecule has 2 amide bonds. The Kier molecular flexibility index (Phi) is 6.96. The van der Waals surface area contributed by atoms with Gasteiger partial charge in [-0.05, 0) is 42.8 Å². The largest absolute Gasteiger partial charge is 0.348 e. The number of carbonyl (C=O) groups is 2. The maximum absolute atomic E-state index is 12.1. The molecule has 0 heterocycles. The van der Waals surface area contributed by atoms with Gasteiger partial charge in [-0.2, -0.15) is 0 Å². The molecule has 8 heteroatoms. The minimum atomic E-state index is -0.459. The van der Waals surface area contributed by atoms with Gasteiger partial charge in [0.15, 0.2) is 0 Å². The van der Waals surface area contributed by atoms with Crippen molar-refractivity contribution in [3.63, 3.8) is 0 Å². The van der Waals surface area contributed by atoms with Crippen LogP contribution in [0.4, 0.5) is 0 Å². The molecule has 0 saturated carbocycles. The number of benzene rings is 2. The van der Waals surface area contributed by atoms with E-state index in [1.165, 1.54) is 12.1 Å². The molecule has 25 heavy (non-hydrogen) atoms. The molecule has 0 saturated heterocycles. The minimum absolute atomic E-state index is 0.191. The summed E-state index contributed by atoms with van der Waals surface area (Å²) in [4.78, 5) is 24.1. The first-order valence-corrected chi connectivity index (χ1v) is 8.76. The number of amides is 2. The van der Waals surface area contributed by atoms with Gasteiger partial charge in [0.2, 0.25) is 5.91 Å². The Hall–Kier alpha value is -1.46. The van der Waals surface area contributed by atoms with Crippen molar-refractivity contribution >= 4 is 58.2 Å². The normalized spacial score (nSPS) is 11.7. The first kappa shape index (κ1) is 19.9. The van der Waals surface area contributed by atoms with Gasteiger partial charge >= 0.3 is 0 Å². The third-order valence-corrected chi connectivity index (χ3v) is 4.69.